The van der Waals surface area contributed by atoms with Crippen molar-refractivity contribution in [2.24, 2.45) is 5.73 Å². The molecule has 2 heterocycles. The maximum atomic E-state index is 6.07. The highest BCUT2D eigenvalue weighted by Gasteiger charge is 2.42. The molecule has 0 amide bonds. The summed E-state index contributed by atoms with van der Waals surface area (Å²) in [6.45, 7) is 1.93. The van der Waals surface area contributed by atoms with E-state index >= 15 is 0 Å². The Bertz CT molecular complexity index is 527. The van der Waals surface area contributed by atoms with Crippen LogP contribution in [-0.4, -0.2) is 19.9 Å². The first-order valence-electron chi connectivity index (χ1n) is 5.31. The molecule has 3 N–H and O–H groups in total. The van der Waals surface area contributed by atoms with E-state index in [4.69, 9.17) is 5.73 Å². The molecule has 1 fully saturated rings. The van der Waals surface area contributed by atoms with Crippen LogP contribution in [-0.2, 0) is 5.54 Å². The second-order valence-electron chi connectivity index (χ2n) is 4.29. The van der Waals surface area contributed by atoms with Gasteiger partial charge >= 0.3 is 0 Å². The average Bonchev–Trinajstić information content (AvgIpc) is 2.84. The molecule has 2 aromatic heterocycles. The number of hydrogen-bond acceptors (Lipinski definition) is 4. The summed E-state index contributed by atoms with van der Waals surface area (Å²) in [4.78, 5) is 16.0. The van der Waals surface area contributed by atoms with Crippen LogP contribution < -0.4 is 5.73 Å². The minimum atomic E-state index is -0.228. The topological polar surface area (TPSA) is 80.5 Å². The summed E-state index contributed by atoms with van der Waals surface area (Å²) in [5.74, 6) is 0.854. The van der Waals surface area contributed by atoms with Crippen molar-refractivity contribution in [3.8, 4) is 11.4 Å². The number of H-pyrrole nitrogens is 1. The Balaban J connectivity index is 2.02. The normalized spacial score (nSPS) is 17.4. The Kier molecular flexibility index (Phi) is 1.85. The minimum Gasteiger partial charge on any atom is -0.339 e. The van der Waals surface area contributed by atoms with E-state index in [1.165, 1.54) is 0 Å². The van der Waals surface area contributed by atoms with E-state index in [1.807, 2.05) is 6.92 Å². The van der Waals surface area contributed by atoms with Gasteiger partial charge in [0.2, 0.25) is 0 Å². The molecule has 0 radical (unpaired) electrons. The number of rotatable bonds is 2. The van der Waals surface area contributed by atoms with Gasteiger partial charge in [-0.2, -0.15) is 0 Å². The molecule has 5 heteroatoms. The van der Waals surface area contributed by atoms with Crippen LogP contribution in [0.25, 0.3) is 11.4 Å². The van der Waals surface area contributed by atoms with Gasteiger partial charge in [-0.25, -0.2) is 4.98 Å². The quantitative estimate of drug-likeness (QED) is 0.786. The summed E-state index contributed by atoms with van der Waals surface area (Å²) < 4.78 is 0. The molecule has 2 aromatic rings. The Labute approximate surface area is 93.2 Å². The fourth-order valence-electron chi connectivity index (χ4n) is 1.74. The molecule has 82 valence electrons. The third-order valence-corrected chi connectivity index (χ3v) is 2.97. The molecule has 16 heavy (non-hydrogen) atoms. The largest absolute Gasteiger partial charge is 0.339 e. The average molecular weight is 215 g/mol. The highest BCUT2D eigenvalue weighted by Crippen LogP contribution is 2.41. The molecule has 0 unspecified atom stereocenters. The predicted molar refractivity (Wildman–Crippen MR) is 59.5 cm³/mol. The van der Waals surface area contributed by atoms with Crippen LogP contribution in [0, 0.1) is 6.92 Å². The van der Waals surface area contributed by atoms with Gasteiger partial charge in [0.25, 0.3) is 0 Å². The third-order valence-electron chi connectivity index (χ3n) is 2.97. The van der Waals surface area contributed by atoms with Crippen LogP contribution >= 0.6 is 0 Å². The zero-order chi connectivity index (χ0) is 11.2. The monoisotopic (exact) mass is 215 g/mol. The second-order valence-corrected chi connectivity index (χ2v) is 4.29. The van der Waals surface area contributed by atoms with Crippen LogP contribution in [0.5, 0.6) is 0 Å². The smallest absolute Gasteiger partial charge is 0.126 e. The second kappa shape index (κ2) is 3.12. The summed E-state index contributed by atoms with van der Waals surface area (Å²) in [5.41, 5.74) is 8.45. The fraction of sp³-hybridized carbons (Fsp3) is 0.364. The predicted octanol–water partition coefficient (Wildman–Crippen LogP) is 1.12. The van der Waals surface area contributed by atoms with Crippen LogP contribution in [0.15, 0.2) is 18.6 Å². The molecule has 1 aliphatic carbocycles. The van der Waals surface area contributed by atoms with Crippen LogP contribution in [0.2, 0.25) is 0 Å². The lowest BCUT2D eigenvalue weighted by molar-refractivity contribution is 0.685. The van der Waals surface area contributed by atoms with Gasteiger partial charge in [-0.3, -0.25) is 9.97 Å². The molecular weight excluding hydrogens is 202 g/mol. The lowest BCUT2D eigenvalue weighted by Crippen LogP contribution is -2.20. The van der Waals surface area contributed by atoms with E-state index in [0.717, 1.165) is 35.7 Å². The molecule has 0 aromatic carbocycles. The first kappa shape index (κ1) is 9.47. The molecular formula is C11H13N5. The summed E-state index contributed by atoms with van der Waals surface area (Å²) >= 11 is 0. The molecule has 1 aliphatic rings. The molecule has 1 saturated carbocycles. The molecule has 5 nitrogen and oxygen atoms in total. The number of nitrogens with two attached hydrogens (primary N) is 1. The van der Waals surface area contributed by atoms with Crippen LogP contribution in [0.3, 0.4) is 0 Å². The Hall–Kier alpha value is -1.75. The molecule has 0 bridgehead atoms. The number of aryl methyl sites for hydroxylation is 1. The number of aromatic nitrogens is 4. The van der Waals surface area contributed by atoms with Gasteiger partial charge in [-0.05, 0) is 19.8 Å². The maximum Gasteiger partial charge on any atom is 0.126 e. The summed E-state index contributed by atoms with van der Waals surface area (Å²) in [7, 11) is 0. The molecule has 0 atom stereocenters. The van der Waals surface area contributed by atoms with Gasteiger partial charge in [0.1, 0.15) is 11.5 Å². The van der Waals surface area contributed by atoms with Crippen molar-refractivity contribution in [1.29, 1.82) is 0 Å². The van der Waals surface area contributed by atoms with Crippen molar-refractivity contribution >= 4 is 0 Å². The zero-order valence-corrected chi connectivity index (χ0v) is 9.07. The molecule has 0 aliphatic heterocycles. The van der Waals surface area contributed by atoms with Gasteiger partial charge in [0.05, 0.1) is 23.1 Å². The highest BCUT2D eigenvalue weighted by molar-refractivity contribution is 5.55. The summed E-state index contributed by atoms with van der Waals surface area (Å²) in [6, 6.07) is 0. The third kappa shape index (κ3) is 1.40. The first-order valence-corrected chi connectivity index (χ1v) is 5.31. The van der Waals surface area contributed by atoms with E-state index in [1.54, 1.807) is 18.6 Å². The van der Waals surface area contributed by atoms with E-state index in [9.17, 15) is 0 Å². The number of nitrogens with zero attached hydrogens (tertiary/aromatic N) is 3. The van der Waals surface area contributed by atoms with Gasteiger partial charge in [0.15, 0.2) is 0 Å². The molecule has 0 spiro atoms. The SMILES string of the molecule is Cc1nccnc1-c1cnc(C2(N)CC2)[nH]1. The van der Waals surface area contributed by atoms with Gasteiger partial charge < -0.3 is 10.7 Å². The van der Waals surface area contributed by atoms with E-state index in [-0.39, 0.29) is 5.54 Å². The standard InChI is InChI=1S/C11H13N5/c1-7-9(14-5-4-13-7)8-6-15-10(16-8)11(12)2-3-11/h4-6H,2-3,12H2,1H3,(H,15,16). The van der Waals surface area contributed by atoms with E-state index < -0.39 is 0 Å². The van der Waals surface area contributed by atoms with Crippen molar-refractivity contribution in [3.05, 3.63) is 30.1 Å². The number of aromatic amines is 1. The molecule has 3 rings (SSSR count). The fourth-order valence-corrected chi connectivity index (χ4v) is 1.74. The van der Waals surface area contributed by atoms with Gasteiger partial charge in [0, 0.05) is 12.4 Å². The Morgan fingerprint density at radius 1 is 1.25 bits per heavy atom. The molecule has 0 saturated heterocycles. The van der Waals surface area contributed by atoms with E-state index in [2.05, 4.69) is 19.9 Å². The number of hydrogen-bond donors (Lipinski definition) is 2. The van der Waals surface area contributed by atoms with Gasteiger partial charge in [-0.1, -0.05) is 0 Å². The van der Waals surface area contributed by atoms with E-state index in [0.29, 0.717) is 0 Å². The minimum absolute atomic E-state index is 0.228. The summed E-state index contributed by atoms with van der Waals surface area (Å²) in [5, 5.41) is 0. The number of imidazole rings is 1. The maximum absolute atomic E-state index is 6.07. The van der Waals surface area contributed by atoms with Crippen molar-refractivity contribution in [2.75, 3.05) is 0 Å². The Morgan fingerprint density at radius 2 is 2.00 bits per heavy atom. The zero-order valence-electron chi connectivity index (χ0n) is 9.07. The van der Waals surface area contributed by atoms with Crippen molar-refractivity contribution in [1.82, 2.24) is 19.9 Å². The lowest BCUT2D eigenvalue weighted by Gasteiger charge is -2.03. The van der Waals surface area contributed by atoms with Crippen molar-refractivity contribution < 1.29 is 0 Å². The Morgan fingerprint density at radius 3 is 2.69 bits per heavy atom. The number of nitrogens with one attached hydrogen (secondary N) is 1. The van der Waals surface area contributed by atoms with Gasteiger partial charge in [-0.15, -0.1) is 0 Å². The van der Waals surface area contributed by atoms with Crippen LogP contribution in [0.4, 0.5) is 0 Å². The first-order chi connectivity index (χ1) is 7.69. The summed E-state index contributed by atoms with van der Waals surface area (Å²) in [6.07, 6.45) is 7.14. The highest BCUT2D eigenvalue weighted by atomic mass is 15.0. The van der Waals surface area contributed by atoms with Crippen LogP contribution in [0.1, 0.15) is 24.4 Å². The van der Waals surface area contributed by atoms with Crippen molar-refractivity contribution in [2.45, 2.75) is 25.3 Å². The van der Waals surface area contributed by atoms with Crippen molar-refractivity contribution in [3.63, 3.8) is 0 Å². The lowest BCUT2D eigenvalue weighted by atomic mass is 10.2.